The largest absolute Gasteiger partial charge is 0.379 e. The number of hydrogen-bond acceptors (Lipinski definition) is 2. The first kappa shape index (κ1) is 13.4. The minimum absolute atomic E-state index is 0.625. The average molecular weight is 249 g/mol. The number of aromatic nitrogens is 2. The molecule has 1 aliphatic rings. The van der Waals surface area contributed by atoms with E-state index in [1.807, 2.05) is 11.7 Å². The molecule has 2 unspecified atom stereocenters. The first-order valence-corrected chi connectivity index (χ1v) is 7.27. The van der Waals surface area contributed by atoms with Crippen LogP contribution in [-0.4, -0.2) is 15.8 Å². The van der Waals surface area contributed by atoms with Crippen molar-refractivity contribution >= 4 is 5.69 Å². The quantitative estimate of drug-likeness (QED) is 0.886. The third-order valence-corrected chi connectivity index (χ3v) is 4.51. The predicted octanol–water partition coefficient (Wildman–Crippen LogP) is 3.66. The number of rotatable bonds is 3. The molecule has 1 fully saturated rings. The van der Waals surface area contributed by atoms with Crippen molar-refractivity contribution in [3.8, 4) is 0 Å². The summed E-state index contributed by atoms with van der Waals surface area (Å²) in [4.78, 5) is 0. The fourth-order valence-electron chi connectivity index (χ4n) is 3.30. The van der Waals surface area contributed by atoms with Crippen LogP contribution in [0.3, 0.4) is 0 Å². The van der Waals surface area contributed by atoms with Gasteiger partial charge in [-0.1, -0.05) is 26.7 Å². The maximum Gasteiger partial charge on any atom is 0.0827 e. The number of anilines is 1. The highest BCUT2D eigenvalue weighted by Gasteiger charge is 2.28. The van der Waals surface area contributed by atoms with Gasteiger partial charge < -0.3 is 5.32 Å². The van der Waals surface area contributed by atoms with Crippen molar-refractivity contribution in [2.24, 2.45) is 18.9 Å². The van der Waals surface area contributed by atoms with Crippen molar-refractivity contribution in [3.05, 3.63) is 11.4 Å². The molecule has 0 amide bonds. The second-order valence-corrected chi connectivity index (χ2v) is 6.11. The Kier molecular flexibility index (Phi) is 3.98. The Morgan fingerprint density at radius 3 is 2.44 bits per heavy atom. The van der Waals surface area contributed by atoms with Crippen LogP contribution in [0.2, 0.25) is 0 Å². The third kappa shape index (κ3) is 2.55. The summed E-state index contributed by atoms with van der Waals surface area (Å²) < 4.78 is 1.98. The van der Waals surface area contributed by atoms with E-state index in [2.05, 4.69) is 38.1 Å². The fraction of sp³-hybridized carbons (Fsp3) is 0.800. The highest BCUT2D eigenvalue weighted by molar-refractivity contribution is 5.52. The van der Waals surface area contributed by atoms with E-state index in [1.54, 1.807) is 0 Å². The zero-order chi connectivity index (χ0) is 13.3. The lowest BCUT2D eigenvalue weighted by Gasteiger charge is -2.35. The van der Waals surface area contributed by atoms with Gasteiger partial charge in [0.2, 0.25) is 0 Å². The molecule has 1 aromatic rings. The molecule has 0 bridgehead atoms. The monoisotopic (exact) mass is 249 g/mol. The zero-order valence-corrected chi connectivity index (χ0v) is 12.5. The summed E-state index contributed by atoms with van der Waals surface area (Å²) >= 11 is 0. The van der Waals surface area contributed by atoms with Crippen molar-refractivity contribution in [2.45, 2.75) is 59.4 Å². The van der Waals surface area contributed by atoms with Gasteiger partial charge in [-0.05, 0) is 38.5 Å². The summed E-state index contributed by atoms with van der Waals surface area (Å²) in [6.07, 6.45) is 5.43. The van der Waals surface area contributed by atoms with Crippen molar-refractivity contribution in [1.82, 2.24) is 9.78 Å². The Labute approximate surface area is 111 Å². The van der Waals surface area contributed by atoms with E-state index < -0.39 is 0 Å². The molecule has 3 nitrogen and oxygen atoms in total. The van der Waals surface area contributed by atoms with Crippen LogP contribution in [0.1, 0.15) is 50.9 Å². The van der Waals surface area contributed by atoms with Gasteiger partial charge in [-0.2, -0.15) is 5.10 Å². The summed E-state index contributed by atoms with van der Waals surface area (Å²) in [6.45, 7) is 8.96. The van der Waals surface area contributed by atoms with Gasteiger partial charge in [-0.25, -0.2) is 0 Å². The fourth-order valence-corrected chi connectivity index (χ4v) is 3.30. The second-order valence-electron chi connectivity index (χ2n) is 6.11. The number of aryl methyl sites for hydroxylation is 2. The van der Waals surface area contributed by atoms with Crippen LogP contribution < -0.4 is 5.32 Å². The molecule has 0 aliphatic heterocycles. The standard InChI is InChI=1S/C15H27N3/c1-10(2)13-8-6-7-9-14(13)16-15-11(3)17-18(5)12(15)4/h10,13-14,16H,6-9H2,1-5H3. The van der Waals surface area contributed by atoms with E-state index in [0.29, 0.717) is 6.04 Å². The molecule has 1 aliphatic carbocycles. The summed E-state index contributed by atoms with van der Waals surface area (Å²) in [5, 5.41) is 8.29. The van der Waals surface area contributed by atoms with Gasteiger partial charge in [0.05, 0.1) is 17.1 Å². The van der Waals surface area contributed by atoms with E-state index in [1.165, 1.54) is 37.1 Å². The number of hydrogen-bond donors (Lipinski definition) is 1. The van der Waals surface area contributed by atoms with Crippen molar-refractivity contribution in [2.75, 3.05) is 5.32 Å². The van der Waals surface area contributed by atoms with Gasteiger partial charge in [0.25, 0.3) is 0 Å². The highest BCUT2D eigenvalue weighted by Crippen LogP contribution is 2.33. The van der Waals surface area contributed by atoms with E-state index >= 15 is 0 Å². The zero-order valence-electron chi connectivity index (χ0n) is 12.5. The molecule has 18 heavy (non-hydrogen) atoms. The van der Waals surface area contributed by atoms with Crippen LogP contribution in [0.4, 0.5) is 5.69 Å². The van der Waals surface area contributed by atoms with Crippen LogP contribution in [0, 0.1) is 25.7 Å². The molecule has 0 radical (unpaired) electrons. The Bertz CT molecular complexity index is 406. The van der Waals surface area contributed by atoms with Crippen LogP contribution in [0.15, 0.2) is 0 Å². The van der Waals surface area contributed by atoms with Gasteiger partial charge in [0.15, 0.2) is 0 Å². The molecule has 0 spiro atoms. The maximum absolute atomic E-state index is 4.50. The van der Waals surface area contributed by atoms with Crippen LogP contribution in [-0.2, 0) is 7.05 Å². The topological polar surface area (TPSA) is 29.9 Å². The minimum atomic E-state index is 0.625. The molecule has 0 saturated heterocycles. The van der Waals surface area contributed by atoms with E-state index in [4.69, 9.17) is 0 Å². The van der Waals surface area contributed by atoms with Crippen LogP contribution >= 0.6 is 0 Å². The summed E-state index contributed by atoms with van der Waals surface area (Å²) in [7, 11) is 2.02. The minimum Gasteiger partial charge on any atom is -0.379 e. The average Bonchev–Trinajstić information content (AvgIpc) is 2.56. The van der Waals surface area contributed by atoms with Crippen LogP contribution in [0.25, 0.3) is 0 Å². The lowest BCUT2D eigenvalue weighted by atomic mass is 9.77. The molecule has 1 N–H and O–H groups in total. The molecule has 0 aromatic carbocycles. The first-order chi connectivity index (χ1) is 8.50. The van der Waals surface area contributed by atoms with Crippen molar-refractivity contribution < 1.29 is 0 Å². The molecule has 1 saturated carbocycles. The van der Waals surface area contributed by atoms with Crippen molar-refractivity contribution in [3.63, 3.8) is 0 Å². The van der Waals surface area contributed by atoms with E-state index in [0.717, 1.165) is 17.5 Å². The molecule has 102 valence electrons. The predicted molar refractivity (Wildman–Crippen MR) is 76.9 cm³/mol. The summed E-state index contributed by atoms with van der Waals surface area (Å²) in [6, 6.07) is 0.625. The lowest BCUT2D eigenvalue weighted by Crippen LogP contribution is -2.35. The first-order valence-electron chi connectivity index (χ1n) is 7.27. The molecular formula is C15H27N3. The molecular weight excluding hydrogens is 222 g/mol. The Balaban J connectivity index is 2.16. The number of nitrogens with zero attached hydrogens (tertiary/aromatic N) is 2. The van der Waals surface area contributed by atoms with Gasteiger partial charge in [-0.3, -0.25) is 4.68 Å². The van der Waals surface area contributed by atoms with Crippen LogP contribution in [0.5, 0.6) is 0 Å². The maximum atomic E-state index is 4.50. The van der Waals surface area contributed by atoms with Crippen molar-refractivity contribution in [1.29, 1.82) is 0 Å². The Morgan fingerprint density at radius 2 is 1.89 bits per heavy atom. The second kappa shape index (κ2) is 5.33. The highest BCUT2D eigenvalue weighted by atomic mass is 15.3. The molecule has 1 heterocycles. The number of nitrogens with one attached hydrogen (secondary N) is 1. The molecule has 3 heteroatoms. The molecule has 2 rings (SSSR count). The Morgan fingerprint density at radius 1 is 1.22 bits per heavy atom. The normalized spacial score (nSPS) is 24.6. The van der Waals surface area contributed by atoms with Gasteiger partial charge >= 0.3 is 0 Å². The van der Waals surface area contributed by atoms with Gasteiger partial charge in [0.1, 0.15) is 0 Å². The van der Waals surface area contributed by atoms with E-state index in [-0.39, 0.29) is 0 Å². The molecule has 1 aromatic heterocycles. The Hall–Kier alpha value is -0.990. The lowest BCUT2D eigenvalue weighted by molar-refractivity contribution is 0.253. The molecule has 2 atom stereocenters. The summed E-state index contributed by atoms with van der Waals surface area (Å²) in [5.74, 6) is 1.57. The van der Waals surface area contributed by atoms with E-state index in [9.17, 15) is 0 Å². The SMILES string of the molecule is Cc1nn(C)c(C)c1NC1CCCCC1C(C)C. The smallest absolute Gasteiger partial charge is 0.0827 e. The summed E-state index contributed by atoms with van der Waals surface area (Å²) in [5.41, 5.74) is 3.64. The van der Waals surface area contributed by atoms with Gasteiger partial charge in [0, 0.05) is 13.1 Å². The van der Waals surface area contributed by atoms with Gasteiger partial charge in [-0.15, -0.1) is 0 Å². The third-order valence-electron chi connectivity index (χ3n) is 4.51.